The van der Waals surface area contributed by atoms with Crippen LogP contribution in [0.25, 0.3) is 0 Å². The van der Waals surface area contributed by atoms with Gasteiger partial charge in [0.05, 0.1) is 11.6 Å². The zero-order valence-electron chi connectivity index (χ0n) is 9.05. The third kappa shape index (κ3) is 2.59. The van der Waals surface area contributed by atoms with E-state index < -0.39 is 6.04 Å². The summed E-state index contributed by atoms with van der Waals surface area (Å²) in [6.45, 7) is 0. The van der Waals surface area contributed by atoms with Crippen LogP contribution in [-0.2, 0) is 0 Å². The molecule has 1 aromatic heterocycles. The van der Waals surface area contributed by atoms with Crippen LogP contribution in [0.2, 0.25) is 0 Å². The fourth-order valence-corrected chi connectivity index (χ4v) is 1.49. The van der Waals surface area contributed by atoms with Gasteiger partial charge in [-0.1, -0.05) is 0 Å². The summed E-state index contributed by atoms with van der Waals surface area (Å²) in [5.74, 6) is -0.0877. The van der Waals surface area contributed by atoms with Gasteiger partial charge in [-0.3, -0.25) is 4.79 Å². The molecule has 1 amide bonds. The summed E-state index contributed by atoms with van der Waals surface area (Å²) in [5.41, 5.74) is 0.630. The zero-order chi connectivity index (χ0) is 12.3. The van der Waals surface area contributed by atoms with E-state index in [0.29, 0.717) is 5.56 Å². The van der Waals surface area contributed by atoms with E-state index in [9.17, 15) is 4.79 Å². The molecule has 0 saturated heterocycles. The minimum absolute atomic E-state index is 0.227. The Hall–Kier alpha value is -2.40. The predicted octanol–water partition coefficient (Wildman–Crippen LogP) is 0.985. The van der Waals surface area contributed by atoms with Crippen LogP contribution in [0, 0.1) is 28.6 Å². The topological polar surface area (TPSA) is 89.6 Å². The van der Waals surface area contributed by atoms with Crippen molar-refractivity contribution < 1.29 is 4.79 Å². The second kappa shape index (κ2) is 4.63. The van der Waals surface area contributed by atoms with Gasteiger partial charge in [-0.2, -0.15) is 10.5 Å². The van der Waals surface area contributed by atoms with Crippen molar-refractivity contribution in [2.45, 2.75) is 18.9 Å². The van der Waals surface area contributed by atoms with Crippen LogP contribution in [0.4, 0.5) is 0 Å². The summed E-state index contributed by atoms with van der Waals surface area (Å²) in [7, 11) is 0. The molecule has 1 aliphatic rings. The fourth-order valence-electron chi connectivity index (χ4n) is 1.49. The Morgan fingerprint density at radius 3 is 2.71 bits per heavy atom. The predicted molar refractivity (Wildman–Crippen MR) is 58.5 cm³/mol. The van der Waals surface area contributed by atoms with Gasteiger partial charge in [-0.15, -0.1) is 0 Å². The molecule has 0 aromatic carbocycles. The number of pyridine rings is 1. The SMILES string of the molecule is N#Cc1ccc(C(=O)NC(C#N)C2CC2)nc1. The third-order valence-electron chi connectivity index (χ3n) is 2.64. The average Bonchev–Trinajstić information content (AvgIpc) is 3.20. The molecule has 1 saturated carbocycles. The minimum atomic E-state index is -0.431. The fraction of sp³-hybridized carbons (Fsp3) is 0.333. The zero-order valence-corrected chi connectivity index (χ0v) is 9.05. The Labute approximate surface area is 98.7 Å². The number of carbonyl (C=O) groups is 1. The van der Waals surface area contributed by atoms with Gasteiger partial charge in [0.25, 0.3) is 5.91 Å². The Morgan fingerprint density at radius 2 is 2.24 bits per heavy atom. The van der Waals surface area contributed by atoms with Gasteiger partial charge in [0.1, 0.15) is 17.8 Å². The largest absolute Gasteiger partial charge is 0.335 e. The first-order valence-corrected chi connectivity index (χ1v) is 5.31. The molecule has 84 valence electrons. The van der Waals surface area contributed by atoms with Gasteiger partial charge >= 0.3 is 0 Å². The quantitative estimate of drug-likeness (QED) is 0.832. The Bertz CT molecular complexity index is 505. The Kier molecular flexibility index (Phi) is 3.02. The van der Waals surface area contributed by atoms with Crippen LogP contribution in [0.3, 0.4) is 0 Å². The summed E-state index contributed by atoms with van der Waals surface area (Å²) in [6.07, 6.45) is 3.31. The number of nitrogens with one attached hydrogen (secondary N) is 1. The van der Waals surface area contributed by atoms with E-state index in [2.05, 4.69) is 16.4 Å². The van der Waals surface area contributed by atoms with Crippen molar-refractivity contribution in [1.82, 2.24) is 10.3 Å². The molecular formula is C12H10N4O. The maximum absolute atomic E-state index is 11.7. The van der Waals surface area contributed by atoms with E-state index >= 15 is 0 Å². The molecule has 1 aromatic rings. The molecule has 2 rings (SSSR count). The van der Waals surface area contributed by atoms with Crippen molar-refractivity contribution in [3.63, 3.8) is 0 Å². The Balaban J connectivity index is 2.04. The molecule has 1 heterocycles. The lowest BCUT2D eigenvalue weighted by Gasteiger charge is -2.09. The van der Waals surface area contributed by atoms with Crippen LogP contribution in [0.15, 0.2) is 18.3 Å². The summed E-state index contributed by atoms with van der Waals surface area (Å²) in [5, 5.41) is 20.1. The molecule has 0 bridgehead atoms. The number of carbonyl (C=O) groups excluding carboxylic acids is 1. The number of hydrogen-bond donors (Lipinski definition) is 1. The molecule has 1 N–H and O–H groups in total. The molecule has 1 unspecified atom stereocenters. The Morgan fingerprint density at radius 1 is 1.47 bits per heavy atom. The third-order valence-corrected chi connectivity index (χ3v) is 2.64. The molecule has 0 spiro atoms. The number of hydrogen-bond acceptors (Lipinski definition) is 4. The molecule has 1 aliphatic carbocycles. The van der Waals surface area contributed by atoms with Crippen LogP contribution in [-0.4, -0.2) is 16.9 Å². The lowest BCUT2D eigenvalue weighted by molar-refractivity contribution is 0.0937. The van der Waals surface area contributed by atoms with Gasteiger partial charge in [0.15, 0.2) is 0 Å². The van der Waals surface area contributed by atoms with Crippen molar-refractivity contribution in [3.8, 4) is 12.1 Å². The molecule has 17 heavy (non-hydrogen) atoms. The van der Waals surface area contributed by atoms with E-state index in [1.54, 1.807) is 0 Å². The number of amides is 1. The molecule has 5 heteroatoms. The molecule has 5 nitrogen and oxygen atoms in total. The van der Waals surface area contributed by atoms with E-state index in [-0.39, 0.29) is 17.5 Å². The second-order valence-corrected chi connectivity index (χ2v) is 3.96. The van der Waals surface area contributed by atoms with Crippen LogP contribution >= 0.6 is 0 Å². The lowest BCUT2D eigenvalue weighted by Crippen LogP contribution is -2.35. The van der Waals surface area contributed by atoms with E-state index in [1.807, 2.05) is 6.07 Å². The van der Waals surface area contributed by atoms with Crippen LogP contribution in [0.5, 0.6) is 0 Å². The highest BCUT2D eigenvalue weighted by Crippen LogP contribution is 2.32. The molecule has 0 radical (unpaired) electrons. The molecule has 1 fully saturated rings. The first-order valence-electron chi connectivity index (χ1n) is 5.31. The summed E-state index contributed by atoms with van der Waals surface area (Å²) < 4.78 is 0. The highest BCUT2D eigenvalue weighted by atomic mass is 16.1. The van der Waals surface area contributed by atoms with E-state index in [1.165, 1.54) is 18.3 Å². The van der Waals surface area contributed by atoms with Gasteiger partial charge in [-0.25, -0.2) is 4.98 Å². The van der Waals surface area contributed by atoms with E-state index in [0.717, 1.165) is 12.8 Å². The van der Waals surface area contributed by atoms with Crippen molar-refractivity contribution >= 4 is 5.91 Å². The minimum Gasteiger partial charge on any atom is -0.335 e. The highest BCUT2D eigenvalue weighted by Gasteiger charge is 2.32. The summed E-state index contributed by atoms with van der Waals surface area (Å²) >= 11 is 0. The van der Waals surface area contributed by atoms with Crippen LogP contribution < -0.4 is 5.32 Å². The summed E-state index contributed by atoms with van der Waals surface area (Å²) in [6, 6.07) is 6.58. The molecule has 0 aliphatic heterocycles. The second-order valence-electron chi connectivity index (χ2n) is 3.96. The summed E-state index contributed by atoms with van der Waals surface area (Å²) in [4.78, 5) is 15.6. The number of rotatable bonds is 3. The monoisotopic (exact) mass is 226 g/mol. The molecule has 1 atom stereocenters. The number of aromatic nitrogens is 1. The van der Waals surface area contributed by atoms with Gasteiger partial charge in [-0.05, 0) is 30.9 Å². The average molecular weight is 226 g/mol. The number of nitriles is 2. The maximum atomic E-state index is 11.7. The first-order chi connectivity index (χ1) is 8.24. The van der Waals surface area contributed by atoms with E-state index in [4.69, 9.17) is 10.5 Å². The lowest BCUT2D eigenvalue weighted by atomic mass is 10.2. The highest BCUT2D eigenvalue weighted by molar-refractivity contribution is 5.92. The first kappa shape index (κ1) is 11.1. The smallest absolute Gasteiger partial charge is 0.270 e. The molecular weight excluding hydrogens is 216 g/mol. The standard InChI is InChI=1S/C12H10N4O/c13-5-8-1-4-10(15-7-8)12(17)16-11(6-14)9-2-3-9/h1,4,7,9,11H,2-3H2,(H,16,17). The maximum Gasteiger partial charge on any atom is 0.270 e. The van der Waals surface area contributed by atoms with Crippen molar-refractivity contribution in [3.05, 3.63) is 29.6 Å². The van der Waals surface area contributed by atoms with Gasteiger partial charge < -0.3 is 5.32 Å². The number of nitrogens with zero attached hydrogens (tertiary/aromatic N) is 3. The van der Waals surface area contributed by atoms with Crippen molar-refractivity contribution in [2.24, 2.45) is 5.92 Å². The van der Waals surface area contributed by atoms with Crippen molar-refractivity contribution in [2.75, 3.05) is 0 Å². The normalized spacial score (nSPS) is 15.4. The van der Waals surface area contributed by atoms with Gasteiger partial charge in [0.2, 0.25) is 0 Å². The van der Waals surface area contributed by atoms with Gasteiger partial charge in [0, 0.05) is 6.20 Å². The van der Waals surface area contributed by atoms with Crippen LogP contribution in [0.1, 0.15) is 28.9 Å². The van der Waals surface area contributed by atoms with Crippen molar-refractivity contribution in [1.29, 1.82) is 10.5 Å².